The summed E-state index contributed by atoms with van der Waals surface area (Å²) in [6.45, 7) is -0.391. The van der Waals surface area contributed by atoms with Crippen molar-refractivity contribution in [1.82, 2.24) is 4.98 Å². The predicted molar refractivity (Wildman–Crippen MR) is 121 cm³/mol. The monoisotopic (exact) mass is 432 g/mol. The van der Waals surface area contributed by atoms with E-state index in [2.05, 4.69) is 10.3 Å². The molecule has 3 aromatic carbocycles. The fourth-order valence-corrected chi connectivity index (χ4v) is 4.05. The van der Waals surface area contributed by atoms with Crippen molar-refractivity contribution in [2.75, 3.05) is 19.0 Å². The molecule has 4 aromatic rings. The van der Waals surface area contributed by atoms with Gasteiger partial charge in [-0.3, -0.25) is 10.1 Å². The second-order valence-corrected chi connectivity index (χ2v) is 7.83. The molecule has 0 unspecified atom stereocenters. The topological polar surface area (TPSA) is 77.5 Å². The summed E-state index contributed by atoms with van der Waals surface area (Å²) in [7, 11) is 1.59. The molecular formula is C24H20N2O4S. The maximum Gasteiger partial charge on any atom is 0.338 e. The number of thiazole rings is 1. The number of nitrogens with one attached hydrogen (secondary N) is 1. The molecule has 0 spiro atoms. The Hall–Kier alpha value is -3.71. The molecular weight excluding hydrogens is 412 g/mol. The molecule has 0 radical (unpaired) electrons. The van der Waals surface area contributed by atoms with E-state index in [1.807, 2.05) is 60.7 Å². The van der Waals surface area contributed by atoms with Gasteiger partial charge < -0.3 is 9.47 Å². The maximum absolute atomic E-state index is 12.6. The highest BCUT2D eigenvalue weighted by molar-refractivity contribution is 7.22. The number of benzene rings is 3. The van der Waals surface area contributed by atoms with Gasteiger partial charge in [0.15, 0.2) is 11.7 Å². The zero-order valence-electron chi connectivity index (χ0n) is 16.8. The largest absolute Gasteiger partial charge is 0.497 e. The number of carbonyl (C=O) groups is 2. The van der Waals surface area contributed by atoms with Gasteiger partial charge in [0.2, 0.25) is 0 Å². The number of nitrogens with zero attached hydrogens (tertiary/aromatic N) is 1. The molecule has 7 heteroatoms. The summed E-state index contributed by atoms with van der Waals surface area (Å²) in [5.41, 5.74) is 3.14. The zero-order valence-corrected chi connectivity index (χ0v) is 17.6. The second-order valence-electron chi connectivity index (χ2n) is 6.80. The van der Waals surface area contributed by atoms with Crippen molar-refractivity contribution >= 4 is 38.6 Å². The lowest BCUT2D eigenvalue weighted by molar-refractivity contribution is -0.119. The smallest absolute Gasteiger partial charge is 0.338 e. The highest BCUT2D eigenvalue weighted by atomic mass is 32.1. The van der Waals surface area contributed by atoms with E-state index in [4.69, 9.17) is 9.47 Å². The van der Waals surface area contributed by atoms with Gasteiger partial charge in [-0.1, -0.05) is 59.9 Å². The van der Waals surface area contributed by atoms with Gasteiger partial charge in [-0.2, -0.15) is 0 Å². The molecule has 1 aromatic heterocycles. The van der Waals surface area contributed by atoms with Crippen LogP contribution in [0.15, 0.2) is 72.8 Å². The Balaban J connectivity index is 1.38. The van der Waals surface area contributed by atoms with Crippen LogP contribution in [0.3, 0.4) is 0 Å². The van der Waals surface area contributed by atoms with Gasteiger partial charge in [0.05, 0.1) is 22.9 Å². The molecule has 0 fully saturated rings. The van der Waals surface area contributed by atoms with Gasteiger partial charge in [0.1, 0.15) is 5.75 Å². The van der Waals surface area contributed by atoms with Crippen LogP contribution in [0.25, 0.3) is 10.2 Å². The lowest BCUT2D eigenvalue weighted by Crippen LogP contribution is -2.21. The Morgan fingerprint density at radius 2 is 1.77 bits per heavy atom. The van der Waals surface area contributed by atoms with E-state index in [9.17, 15) is 9.59 Å². The van der Waals surface area contributed by atoms with Gasteiger partial charge in [-0.25, -0.2) is 9.78 Å². The number of hydrogen-bond acceptors (Lipinski definition) is 6. The fourth-order valence-electron chi connectivity index (χ4n) is 3.14. The molecule has 6 nitrogen and oxygen atoms in total. The lowest BCUT2D eigenvalue weighted by Gasteiger charge is -2.09. The van der Waals surface area contributed by atoms with Gasteiger partial charge >= 0.3 is 5.97 Å². The summed E-state index contributed by atoms with van der Waals surface area (Å²) in [6, 6.07) is 22.6. The molecule has 1 N–H and O–H groups in total. The van der Waals surface area contributed by atoms with Crippen LogP contribution in [-0.2, 0) is 16.0 Å². The van der Waals surface area contributed by atoms with Crippen LogP contribution in [0.2, 0.25) is 0 Å². The number of anilines is 1. The van der Waals surface area contributed by atoms with Crippen molar-refractivity contribution in [3.8, 4) is 5.75 Å². The van der Waals surface area contributed by atoms with Gasteiger partial charge in [0.25, 0.3) is 5.91 Å². The van der Waals surface area contributed by atoms with Gasteiger partial charge in [0, 0.05) is 0 Å². The number of esters is 1. The first-order valence-corrected chi connectivity index (χ1v) is 10.5. The number of rotatable bonds is 7. The minimum absolute atomic E-state index is 0.391. The summed E-state index contributed by atoms with van der Waals surface area (Å²) in [6.07, 6.45) is 0.605. The molecule has 156 valence electrons. The van der Waals surface area contributed by atoms with Crippen LogP contribution in [0.1, 0.15) is 21.5 Å². The maximum atomic E-state index is 12.6. The third kappa shape index (κ3) is 5.07. The van der Waals surface area contributed by atoms with Gasteiger partial charge in [-0.05, 0) is 41.8 Å². The molecule has 1 amide bonds. The third-order valence-corrected chi connectivity index (χ3v) is 5.58. The Bertz CT molecular complexity index is 1220. The quantitative estimate of drug-likeness (QED) is 0.429. The standard InChI is InChI=1S/C24H20N2O4S/c1-29-18-11-12-20-21(14-18)31-24(25-20)26-22(27)15-30-23(28)19-10-6-5-9-17(19)13-16-7-3-2-4-8-16/h2-12,14H,13,15H2,1H3,(H,25,26,27). The summed E-state index contributed by atoms with van der Waals surface area (Å²) >= 11 is 1.33. The average Bonchev–Trinajstić information content (AvgIpc) is 3.19. The van der Waals surface area contributed by atoms with Crippen molar-refractivity contribution in [1.29, 1.82) is 0 Å². The molecule has 0 bridgehead atoms. The lowest BCUT2D eigenvalue weighted by atomic mass is 10.00. The number of hydrogen-bond donors (Lipinski definition) is 1. The molecule has 0 aliphatic rings. The van der Waals surface area contributed by atoms with E-state index in [-0.39, 0.29) is 0 Å². The van der Waals surface area contributed by atoms with E-state index >= 15 is 0 Å². The van der Waals surface area contributed by atoms with Crippen LogP contribution < -0.4 is 10.1 Å². The first-order chi connectivity index (χ1) is 15.1. The summed E-state index contributed by atoms with van der Waals surface area (Å²) < 4.78 is 11.3. The average molecular weight is 433 g/mol. The Kier molecular flexibility index (Phi) is 6.24. The second kappa shape index (κ2) is 9.40. The fraction of sp³-hybridized carbons (Fsp3) is 0.125. The molecule has 0 aliphatic carbocycles. The number of aromatic nitrogens is 1. The summed E-state index contributed by atoms with van der Waals surface area (Å²) in [4.78, 5) is 29.2. The predicted octanol–water partition coefficient (Wildman–Crippen LogP) is 4.69. The van der Waals surface area contributed by atoms with E-state index in [0.717, 1.165) is 27.1 Å². The number of methoxy groups -OCH3 is 1. The molecule has 4 rings (SSSR count). The number of ether oxygens (including phenoxy) is 2. The highest BCUT2D eigenvalue weighted by Crippen LogP contribution is 2.29. The minimum Gasteiger partial charge on any atom is -0.497 e. The van der Waals surface area contributed by atoms with Crippen LogP contribution in [0, 0.1) is 0 Å². The highest BCUT2D eigenvalue weighted by Gasteiger charge is 2.15. The Labute approximate surface area is 183 Å². The Morgan fingerprint density at radius 3 is 2.58 bits per heavy atom. The van der Waals surface area contributed by atoms with Crippen LogP contribution in [0.4, 0.5) is 5.13 Å². The van der Waals surface area contributed by atoms with Crippen LogP contribution in [0.5, 0.6) is 5.75 Å². The summed E-state index contributed by atoms with van der Waals surface area (Å²) in [5.74, 6) is -0.257. The van der Waals surface area contributed by atoms with Crippen LogP contribution >= 0.6 is 11.3 Å². The molecule has 0 saturated heterocycles. The molecule has 0 atom stereocenters. The first kappa shape index (κ1) is 20.6. The van der Waals surface area contributed by atoms with Crippen molar-refractivity contribution in [3.63, 3.8) is 0 Å². The summed E-state index contributed by atoms with van der Waals surface area (Å²) in [5, 5.41) is 3.12. The van der Waals surface area contributed by atoms with E-state index in [0.29, 0.717) is 17.1 Å². The number of fused-ring (bicyclic) bond motifs is 1. The molecule has 0 saturated carbocycles. The number of amides is 1. The molecule has 0 aliphatic heterocycles. The van der Waals surface area contributed by atoms with Crippen molar-refractivity contribution in [2.24, 2.45) is 0 Å². The van der Waals surface area contributed by atoms with Crippen molar-refractivity contribution < 1.29 is 19.1 Å². The van der Waals surface area contributed by atoms with Gasteiger partial charge in [-0.15, -0.1) is 0 Å². The van der Waals surface area contributed by atoms with Crippen molar-refractivity contribution in [2.45, 2.75) is 6.42 Å². The normalized spacial score (nSPS) is 10.6. The first-order valence-electron chi connectivity index (χ1n) is 9.66. The SMILES string of the molecule is COc1ccc2nc(NC(=O)COC(=O)c3ccccc3Cc3ccccc3)sc2c1. The molecule has 31 heavy (non-hydrogen) atoms. The third-order valence-electron chi connectivity index (χ3n) is 4.65. The van der Waals surface area contributed by atoms with E-state index < -0.39 is 18.5 Å². The minimum atomic E-state index is -0.532. The number of carbonyl (C=O) groups excluding carboxylic acids is 2. The van der Waals surface area contributed by atoms with Crippen LogP contribution in [-0.4, -0.2) is 30.6 Å². The molecule has 1 heterocycles. The zero-order chi connectivity index (χ0) is 21.6. The van der Waals surface area contributed by atoms with E-state index in [1.54, 1.807) is 19.2 Å². The van der Waals surface area contributed by atoms with E-state index in [1.165, 1.54) is 11.3 Å². The van der Waals surface area contributed by atoms with Crippen molar-refractivity contribution in [3.05, 3.63) is 89.5 Å². The Morgan fingerprint density at radius 1 is 1.00 bits per heavy atom.